The quantitative estimate of drug-likeness (QED) is 0.0590. The summed E-state index contributed by atoms with van der Waals surface area (Å²) in [6, 6.07) is 91.4. The molecule has 14 aromatic rings. The topological polar surface area (TPSA) is 126 Å². The molecule has 0 aliphatic heterocycles. The second kappa shape index (κ2) is 46.7. The van der Waals surface area contributed by atoms with Crippen molar-refractivity contribution in [1.82, 2.24) is 24.9 Å². The highest BCUT2D eigenvalue weighted by atomic mass is 35.5. The number of halogens is 1. The van der Waals surface area contributed by atoms with E-state index < -0.39 is 0 Å². The number of nitrogens with zero attached hydrogens (tertiary/aromatic N) is 10. The van der Waals surface area contributed by atoms with E-state index in [1.807, 2.05) is 165 Å². The summed E-state index contributed by atoms with van der Waals surface area (Å²) in [5.74, 6) is 4.37. The summed E-state index contributed by atoms with van der Waals surface area (Å²) in [5.41, 5.74) is 34.6. The number of fused-ring (bicyclic) bond motifs is 1. The van der Waals surface area contributed by atoms with Crippen molar-refractivity contribution >= 4 is 82.0 Å². The predicted octanol–water partition coefficient (Wildman–Crippen LogP) is 33.4. The number of aromatic nitrogens is 5. The fourth-order valence-electron chi connectivity index (χ4n) is 15.6. The van der Waals surface area contributed by atoms with Crippen molar-refractivity contribution in [2.24, 2.45) is 25.0 Å². The summed E-state index contributed by atoms with van der Waals surface area (Å²) >= 11 is 6.32. The molecule has 9 aromatic carbocycles. The van der Waals surface area contributed by atoms with Crippen molar-refractivity contribution in [2.75, 3.05) is 0 Å². The van der Waals surface area contributed by atoms with Gasteiger partial charge in [-0.2, -0.15) is 0 Å². The van der Waals surface area contributed by atoms with Crippen molar-refractivity contribution in [3.05, 3.63) is 378 Å². The van der Waals surface area contributed by atoms with Crippen molar-refractivity contribution in [3.8, 4) is 33.8 Å². The molecule has 0 saturated heterocycles. The van der Waals surface area contributed by atoms with E-state index >= 15 is 0 Å². The van der Waals surface area contributed by atoms with Gasteiger partial charge in [0.25, 0.3) is 0 Å². The van der Waals surface area contributed by atoms with Gasteiger partial charge in [0.05, 0.1) is 111 Å². The number of hydrogen-bond donors (Lipinski definition) is 0. The molecular weight excluding hydrogens is 1570 g/mol. The van der Waals surface area contributed by atoms with Crippen LogP contribution in [0.3, 0.4) is 0 Å². The molecule has 0 spiro atoms. The molecule has 0 atom stereocenters. The zero-order valence-electron chi connectivity index (χ0n) is 79.4. The Kier molecular flexibility index (Phi) is 35.6. The lowest BCUT2D eigenvalue weighted by atomic mass is 9.93. The maximum atomic E-state index is 6.32. The highest BCUT2D eigenvalue weighted by Crippen LogP contribution is 2.41. The van der Waals surface area contributed by atoms with Crippen LogP contribution in [0.5, 0.6) is 0 Å². The van der Waals surface area contributed by atoms with Gasteiger partial charge in [0.1, 0.15) is 0 Å². The maximum absolute atomic E-state index is 6.32. The van der Waals surface area contributed by atoms with Gasteiger partial charge in [-0.05, 0) is 220 Å². The first-order valence-electron chi connectivity index (χ1n) is 45.3. The fourth-order valence-corrected chi connectivity index (χ4v) is 15.9. The van der Waals surface area contributed by atoms with Crippen LogP contribution in [0, 0.1) is 27.7 Å². The van der Waals surface area contributed by atoms with Crippen LogP contribution in [0.1, 0.15) is 304 Å². The van der Waals surface area contributed by atoms with Crippen LogP contribution < -0.4 is 0 Å². The first kappa shape index (κ1) is 96.8. The molecule has 0 unspecified atom stereocenters. The predicted molar refractivity (Wildman–Crippen MR) is 548 cm³/mol. The minimum Gasteiger partial charge on any atom is -0.254 e. The highest BCUT2D eigenvalue weighted by molar-refractivity contribution is 6.33. The van der Waals surface area contributed by atoms with Gasteiger partial charge < -0.3 is 0 Å². The molecule has 127 heavy (non-hydrogen) atoms. The molecule has 0 N–H and O–H groups in total. The van der Waals surface area contributed by atoms with Gasteiger partial charge in [-0.25, -0.2) is 19.9 Å². The zero-order valence-corrected chi connectivity index (χ0v) is 80.2. The molecule has 11 heteroatoms. The van der Waals surface area contributed by atoms with E-state index in [0.29, 0.717) is 64.2 Å². The molecule has 10 nitrogen and oxygen atoms in total. The van der Waals surface area contributed by atoms with Crippen LogP contribution in [0.15, 0.2) is 292 Å². The molecule has 0 radical (unpaired) electrons. The van der Waals surface area contributed by atoms with E-state index in [9.17, 15) is 0 Å². The average molecular weight is 1700 g/mol. The van der Waals surface area contributed by atoms with Gasteiger partial charge in [0.2, 0.25) is 0 Å². The third-order valence-corrected chi connectivity index (χ3v) is 22.7. The minimum atomic E-state index is 0.415. The summed E-state index contributed by atoms with van der Waals surface area (Å²) in [7, 11) is 0. The number of pyridine rings is 5. The van der Waals surface area contributed by atoms with Crippen molar-refractivity contribution in [2.45, 2.75) is 225 Å². The second-order valence-electron chi connectivity index (χ2n) is 35.9. The molecule has 5 heterocycles. The Hall–Kier alpha value is -12.4. The number of para-hydroxylation sites is 6. The van der Waals surface area contributed by atoms with E-state index in [-0.39, 0.29) is 0 Å². The average Bonchev–Trinajstić information content (AvgIpc) is 0.815. The number of aliphatic imine (C=N–C) groups is 5. The largest absolute Gasteiger partial charge is 0.254 e. The smallest absolute Gasteiger partial charge is 0.0820 e. The molecule has 0 saturated carbocycles. The van der Waals surface area contributed by atoms with Gasteiger partial charge in [0.15, 0.2) is 0 Å². The standard InChI is InChI=1S/C27H32N2.C24H25ClN2.C24H26N2.C22H24N2.C19H24N2/c1-17(2)23-11-9-12-24(18(3)4)27(23)28-16-22-10-8-13-25(29-22)26-20(6)14-19(5)15-21(26)7;1-16(2)19-11-8-12-20(17(3)4)24(19)26-15-18-9-7-14-23(27-18)21-10-5-6-13-22(21)25;1-17(2)21-13-9-14-22(18(3)4)24(21)25-16-20-12-8-15-23(26-20)19-10-6-5-7-11-19;1-15(2)19-9-7-10-20(16(3)4)22(19)23-14-18-13-12-17-8-5-6-11-21(17)24-18;1-13(2)17-10-7-11-18(14(3)4)19(17)20-12-16-9-6-8-15(5)21-16/h8-18H,1-7H3;5-17H,1-4H3;5-18H,1-4H3;5-16H,1-4H3;6-14H,1-5H3. The third-order valence-electron chi connectivity index (χ3n) is 22.3. The Morgan fingerprint density at radius 2 is 0.528 bits per heavy atom. The molecule has 14 rings (SSSR count). The monoisotopic (exact) mass is 1700 g/mol. The van der Waals surface area contributed by atoms with Gasteiger partial charge >= 0.3 is 0 Å². The molecule has 0 amide bonds. The van der Waals surface area contributed by atoms with E-state index in [1.54, 1.807) is 0 Å². The van der Waals surface area contributed by atoms with Gasteiger partial charge in [0, 0.05) is 32.8 Å². The Balaban J connectivity index is 0.000000166. The molecule has 0 aliphatic carbocycles. The Bertz CT molecular complexity index is 5980. The van der Waals surface area contributed by atoms with E-state index in [1.165, 1.54) is 77.9 Å². The Morgan fingerprint density at radius 1 is 0.244 bits per heavy atom. The van der Waals surface area contributed by atoms with Crippen LogP contribution in [-0.2, 0) is 0 Å². The second-order valence-corrected chi connectivity index (χ2v) is 36.3. The SMILES string of the molecule is CC(C)c1cccc(C(C)C)c1N=Cc1ccc2ccccc2n1.CC(C)c1cccc(C(C)C)c1N=Cc1cccc(-c2ccccc2)n1.CC(C)c1cccc(C(C)C)c1N=Cc1cccc(-c2ccccc2Cl)n1.Cc1cc(C)c(-c2cccc(C=Nc3c(C(C)C)cccc3C(C)C)n2)c(C)c1.Cc1cccc(C=Nc2c(C(C)C)cccc2C(C)C)n1. The van der Waals surface area contributed by atoms with Crippen LogP contribution in [0.25, 0.3) is 44.7 Å². The number of benzene rings is 9. The Morgan fingerprint density at radius 3 is 0.882 bits per heavy atom. The molecule has 0 fully saturated rings. The van der Waals surface area contributed by atoms with Crippen LogP contribution in [-0.4, -0.2) is 56.0 Å². The number of hydrogen-bond acceptors (Lipinski definition) is 10. The first-order chi connectivity index (χ1) is 60.8. The fraction of sp³-hybridized carbons (Fsp3) is 0.293. The summed E-state index contributed by atoms with van der Waals surface area (Å²) in [5, 5.41) is 1.85. The number of rotatable bonds is 23. The lowest BCUT2D eigenvalue weighted by Gasteiger charge is -2.16. The first-order valence-corrected chi connectivity index (χ1v) is 45.7. The van der Waals surface area contributed by atoms with Crippen molar-refractivity contribution in [1.29, 1.82) is 0 Å². The maximum Gasteiger partial charge on any atom is 0.0820 e. The van der Waals surface area contributed by atoms with E-state index in [2.05, 4.69) is 304 Å². The summed E-state index contributed by atoms with van der Waals surface area (Å²) in [6.45, 7) is 52.7. The van der Waals surface area contributed by atoms with E-state index in [0.717, 1.165) is 102 Å². The normalized spacial score (nSPS) is 11.7. The van der Waals surface area contributed by atoms with Crippen molar-refractivity contribution < 1.29 is 0 Å². The summed E-state index contributed by atoms with van der Waals surface area (Å²) in [6.07, 6.45) is 9.42. The van der Waals surface area contributed by atoms with Crippen LogP contribution >= 0.6 is 11.6 Å². The van der Waals surface area contributed by atoms with Gasteiger partial charge in [-0.3, -0.25) is 29.9 Å². The minimum absolute atomic E-state index is 0.415. The van der Waals surface area contributed by atoms with Crippen molar-refractivity contribution in [3.63, 3.8) is 0 Å². The molecule has 652 valence electrons. The molecule has 5 aromatic heterocycles. The van der Waals surface area contributed by atoms with Gasteiger partial charge in [-0.1, -0.05) is 356 Å². The Labute approximate surface area is 764 Å². The summed E-state index contributed by atoms with van der Waals surface area (Å²) < 4.78 is 0. The zero-order chi connectivity index (χ0) is 91.5. The van der Waals surface area contributed by atoms with Crippen LogP contribution in [0.2, 0.25) is 5.02 Å². The van der Waals surface area contributed by atoms with E-state index in [4.69, 9.17) is 56.5 Å². The van der Waals surface area contributed by atoms with Crippen LogP contribution in [0.4, 0.5) is 28.4 Å². The summed E-state index contributed by atoms with van der Waals surface area (Å²) in [4.78, 5) is 47.8. The number of aryl methyl sites for hydroxylation is 4. The molecule has 0 aliphatic rings. The lowest BCUT2D eigenvalue weighted by Crippen LogP contribution is -1.97. The van der Waals surface area contributed by atoms with Gasteiger partial charge in [-0.15, -0.1) is 0 Å². The lowest BCUT2D eigenvalue weighted by molar-refractivity contribution is 0.834. The highest BCUT2D eigenvalue weighted by Gasteiger charge is 2.20. The third kappa shape index (κ3) is 26.9. The molecule has 0 bridgehead atoms. The molecular formula is C116H131ClN10.